The predicted octanol–water partition coefficient (Wildman–Crippen LogP) is 5.92. The fourth-order valence-electron chi connectivity index (χ4n) is 3.35. The van der Waals surface area contributed by atoms with Gasteiger partial charge in [0.05, 0.1) is 5.69 Å². The molecule has 0 bridgehead atoms. The second-order valence-corrected chi connectivity index (χ2v) is 7.68. The highest BCUT2D eigenvalue weighted by molar-refractivity contribution is 6.05. The van der Waals surface area contributed by atoms with Crippen LogP contribution in [0.3, 0.4) is 0 Å². The summed E-state index contributed by atoms with van der Waals surface area (Å²) in [6, 6.07) is 17.3. The molecule has 11 nitrogen and oxygen atoms in total. The Hall–Kier alpha value is -5.36. The van der Waals surface area contributed by atoms with Gasteiger partial charge in [-0.2, -0.15) is 9.67 Å². The number of azide groups is 1. The Balaban J connectivity index is 1.67. The lowest BCUT2D eigenvalue weighted by Gasteiger charge is -2.10. The van der Waals surface area contributed by atoms with Crippen LogP contribution < -0.4 is 15.4 Å². The van der Waals surface area contributed by atoms with Crippen LogP contribution in [0.15, 0.2) is 77.9 Å². The van der Waals surface area contributed by atoms with Gasteiger partial charge in [-0.3, -0.25) is 20.2 Å². The lowest BCUT2D eigenvalue weighted by Crippen LogP contribution is -2.17. The van der Waals surface area contributed by atoms with Gasteiger partial charge in [0, 0.05) is 21.7 Å². The van der Waals surface area contributed by atoms with Gasteiger partial charge in [-0.25, -0.2) is 0 Å². The number of hydrogen-bond acceptors (Lipinski definition) is 6. The summed E-state index contributed by atoms with van der Waals surface area (Å²) in [6.07, 6.45) is -4.87. The summed E-state index contributed by atoms with van der Waals surface area (Å²) in [4.78, 5) is 32.5. The average molecular weight is 522 g/mol. The first-order chi connectivity index (χ1) is 18.1. The molecule has 0 unspecified atom stereocenters. The Kier molecular flexibility index (Phi) is 7.26. The van der Waals surface area contributed by atoms with Crippen molar-refractivity contribution in [2.75, 3.05) is 10.6 Å². The number of carbonyl (C=O) groups is 2. The predicted molar refractivity (Wildman–Crippen MR) is 130 cm³/mol. The fraction of sp³-hybridized carbons (Fsp3) is 0.0833. The zero-order valence-corrected chi connectivity index (χ0v) is 19.5. The third-order valence-corrected chi connectivity index (χ3v) is 5.03. The van der Waals surface area contributed by atoms with Crippen molar-refractivity contribution in [3.63, 3.8) is 0 Å². The van der Waals surface area contributed by atoms with Crippen molar-refractivity contribution < 1.29 is 27.5 Å². The summed E-state index contributed by atoms with van der Waals surface area (Å²) in [7, 11) is 0. The molecule has 0 aliphatic heterocycles. The number of carbonyl (C=O) groups excluding carboxylic acids is 2. The number of ether oxygens (including phenoxy) is 1. The molecule has 0 radical (unpaired) electrons. The summed E-state index contributed by atoms with van der Waals surface area (Å²) in [5.41, 5.74) is 10.3. The van der Waals surface area contributed by atoms with Crippen LogP contribution in [0.5, 0.6) is 5.75 Å². The zero-order valence-electron chi connectivity index (χ0n) is 19.5. The number of anilines is 2. The molecule has 0 saturated heterocycles. The molecule has 1 heterocycles. The minimum Gasteiger partial charge on any atom is -0.406 e. The second kappa shape index (κ2) is 10.7. The molecule has 2 N–H and O–H groups in total. The minimum absolute atomic E-state index is 0.129. The van der Waals surface area contributed by atoms with Crippen molar-refractivity contribution in [3.05, 3.63) is 99.9 Å². The van der Waals surface area contributed by atoms with E-state index in [0.29, 0.717) is 11.1 Å². The van der Waals surface area contributed by atoms with Crippen molar-refractivity contribution in [2.45, 2.75) is 13.3 Å². The van der Waals surface area contributed by atoms with Crippen LogP contribution in [0.2, 0.25) is 0 Å². The van der Waals surface area contributed by atoms with Gasteiger partial charge in [0.15, 0.2) is 0 Å². The SMILES string of the molecule is Cc1ccccc1C(=O)Nc1nc(NC(=O)c2cccc(N=[N+]=[N-])c2)n(-c2ccc(OC(F)(F)F)cc2)n1. The van der Waals surface area contributed by atoms with Crippen molar-refractivity contribution in [1.82, 2.24) is 14.8 Å². The maximum absolute atomic E-state index is 12.9. The highest BCUT2D eigenvalue weighted by atomic mass is 19.4. The van der Waals surface area contributed by atoms with Crippen LogP contribution in [0.1, 0.15) is 26.3 Å². The molecular weight excluding hydrogens is 505 g/mol. The van der Waals surface area contributed by atoms with Crippen molar-refractivity contribution in [2.24, 2.45) is 5.11 Å². The van der Waals surface area contributed by atoms with Gasteiger partial charge in [0.2, 0.25) is 5.95 Å². The van der Waals surface area contributed by atoms with Crippen LogP contribution in [-0.4, -0.2) is 32.9 Å². The summed E-state index contributed by atoms with van der Waals surface area (Å²) in [6.45, 7) is 1.75. The number of aromatic nitrogens is 3. The Morgan fingerprint density at radius 1 is 1.00 bits per heavy atom. The Morgan fingerprint density at radius 2 is 1.74 bits per heavy atom. The summed E-state index contributed by atoms with van der Waals surface area (Å²) >= 11 is 0. The Labute approximate surface area is 212 Å². The third kappa shape index (κ3) is 6.25. The van der Waals surface area contributed by atoms with Crippen LogP contribution in [-0.2, 0) is 0 Å². The Morgan fingerprint density at radius 3 is 2.42 bits per heavy atom. The van der Waals surface area contributed by atoms with Crippen molar-refractivity contribution in [3.8, 4) is 11.4 Å². The van der Waals surface area contributed by atoms with E-state index in [1.807, 2.05) is 0 Å². The number of amides is 2. The molecule has 0 atom stereocenters. The normalized spacial score (nSPS) is 10.8. The topological polar surface area (TPSA) is 147 Å². The molecule has 0 aliphatic carbocycles. The lowest BCUT2D eigenvalue weighted by atomic mass is 10.1. The highest BCUT2D eigenvalue weighted by Gasteiger charge is 2.31. The summed E-state index contributed by atoms with van der Waals surface area (Å²) < 4.78 is 42.6. The first kappa shape index (κ1) is 25.7. The van der Waals surface area contributed by atoms with E-state index in [2.05, 4.69) is 35.5 Å². The molecule has 14 heteroatoms. The van der Waals surface area contributed by atoms with E-state index >= 15 is 0 Å². The van der Waals surface area contributed by atoms with E-state index in [4.69, 9.17) is 5.53 Å². The quantitative estimate of drug-likeness (QED) is 0.176. The molecule has 0 aliphatic rings. The monoisotopic (exact) mass is 522 g/mol. The fourth-order valence-corrected chi connectivity index (χ4v) is 3.35. The van der Waals surface area contributed by atoms with Gasteiger partial charge in [-0.05, 0) is 60.5 Å². The smallest absolute Gasteiger partial charge is 0.406 e. The molecular formula is C24H17F3N8O3. The van der Waals surface area contributed by atoms with E-state index in [0.717, 1.165) is 16.8 Å². The third-order valence-electron chi connectivity index (χ3n) is 5.03. The molecule has 4 aromatic rings. The number of rotatable bonds is 7. The summed E-state index contributed by atoms with van der Waals surface area (Å²) in [5, 5.41) is 12.8. The number of halogens is 3. The van der Waals surface area contributed by atoms with Gasteiger partial charge >= 0.3 is 6.36 Å². The second-order valence-electron chi connectivity index (χ2n) is 7.68. The first-order valence-corrected chi connectivity index (χ1v) is 10.8. The molecule has 0 fully saturated rings. The maximum Gasteiger partial charge on any atom is 0.573 e. The standard InChI is InChI=1S/C24H17F3N8O3/c1-14-5-2-3-8-19(14)21(37)29-22-31-23(30-20(36)15-6-4-7-16(13-15)32-34-28)35(33-22)17-9-11-18(12-10-17)38-24(25,26)27/h2-13H,1H3,(H2,29,30,31,33,36,37). The molecule has 0 spiro atoms. The average Bonchev–Trinajstić information content (AvgIpc) is 3.26. The van der Waals surface area contributed by atoms with E-state index in [-0.39, 0.29) is 28.8 Å². The molecule has 192 valence electrons. The van der Waals surface area contributed by atoms with E-state index in [9.17, 15) is 22.8 Å². The molecule has 3 aromatic carbocycles. The molecule has 0 saturated carbocycles. The Bertz CT molecular complexity index is 1540. The van der Waals surface area contributed by atoms with E-state index in [1.54, 1.807) is 31.2 Å². The number of aryl methyl sites for hydroxylation is 1. The zero-order chi connectivity index (χ0) is 27.3. The number of benzene rings is 3. The van der Waals surface area contributed by atoms with Crippen LogP contribution in [0.25, 0.3) is 16.1 Å². The number of nitrogens with zero attached hydrogens (tertiary/aromatic N) is 6. The largest absolute Gasteiger partial charge is 0.573 e. The molecule has 38 heavy (non-hydrogen) atoms. The molecule has 4 rings (SSSR count). The van der Waals surface area contributed by atoms with Crippen molar-refractivity contribution in [1.29, 1.82) is 0 Å². The van der Waals surface area contributed by atoms with Gasteiger partial charge in [0.1, 0.15) is 5.75 Å². The minimum atomic E-state index is -4.87. The van der Waals surface area contributed by atoms with Crippen LogP contribution in [0, 0.1) is 6.92 Å². The number of alkyl halides is 3. The van der Waals surface area contributed by atoms with Gasteiger partial charge in [-0.1, -0.05) is 35.4 Å². The number of nitrogens with one attached hydrogen (secondary N) is 2. The van der Waals surface area contributed by atoms with Crippen molar-refractivity contribution >= 4 is 29.4 Å². The van der Waals surface area contributed by atoms with Gasteiger partial charge < -0.3 is 4.74 Å². The highest BCUT2D eigenvalue weighted by Crippen LogP contribution is 2.25. The van der Waals surface area contributed by atoms with Gasteiger partial charge in [-0.15, -0.1) is 18.3 Å². The number of hydrogen-bond donors (Lipinski definition) is 2. The van der Waals surface area contributed by atoms with Crippen LogP contribution >= 0.6 is 0 Å². The van der Waals surface area contributed by atoms with E-state index < -0.39 is 23.9 Å². The maximum atomic E-state index is 12.9. The van der Waals surface area contributed by atoms with Crippen LogP contribution in [0.4, 0.5) is 30.8 Å². The van der Waals surface area contributed by atoms with Gasteiger partial charge in [0.25, 0.3) is 17.8 Å². The molecule has 2 amide bonds. The summed E-state index contributed by atoms with van der Waals surface area (Å²) in [5.74, 6) is -1.94. The van der Waals surface area contributed by atoms with E-state index in [1.165, 1.54) is 36.4 Å². The molecule has 1 aromatic heterocycles. The first-order valence-electron chi connectivity index (χ1n) is 10.8. The lowest BCUT2D eigenvalue weighted by molar-refractivity contribution is -0.274.